The zero-order chi connectivity index (χ0) is 10.6. The molecule has 0 aromatic carbocycles. The molecule has 0 spiro atoms. The van der Waals surface area contributed by atoms with Crippen LogP contribution in [0.4, 0.5) is 13.2 Å². The third kappa shape index (κ3) is 4.46. The summed E-state index contributed by atoms with van der Waals surface area (Å²) in [7, 11) is 0. The molecular weight excluding hydrogens is 191 g/mol. The summed E-state index contributed by atoms with van der Waals surface area (Å²) in [5.74, 6) is -2.43. The lowest BCUT2D eigenvalue weighted by Gasteiger charge is -2.20. The molecule has 1 atom stereocenters. The van der Waals surface area contributed by atoms with Crippen LogP contribution in [0.2, 0.25) is 0 Å². The van der Waals surface area contributed by atoms with Gasteiger partial charge in [-0.25, -0.2) is 4.79 Å². The number of carbonyl (C=O) groups is 2. The van der Waals surface area contributed by atoms with Gasteiger partial charge >= 0.3 is 12.1 Å². The summed E-state index contributed by atoms with van der Waals surface area (Å²) in [6, 6.07) is 0.144. The Bertz CT molecular complexity index is 214. The second kappa shape index (κ2) is 4.22. The lowest BCUT2D eigenvalue weighted by molar-refractivity contribution is -0.192. The normalized spacial score (nSPS) is 21.2. The van der Waals surface area contributed by atoms with Gasteiger partial charge in [-0.05, 0) is 6.92 Å². The minimum Gasteiger partial charge on any atom is -0.475 e. The first-order valence-corrected chi connectivity index (χ1v) is 3.31. The lowest BCUT2D eigenvalue weighted by Crippen LogP contribution is -2.51. The fraction of sp³-hybridized carbons (Fsp3) is 0.667. The van der Waals surface area contributed by atoms with Gasteiger partial charge in [-0.1, -0.05) is 0 Å². The second-order valence-corrected chi connectivity index (χ2v) is 2.37. The predicted molar refractivity (Wildman–Crippen MR) is 36.2 cm³/mol. The van der Waals surface area contributed by atoms with Gasteiger partial charge in [-0.2, -0.15) is 13.2 Å². The number of carboxylic acids is 1. The number of hydrogen-bond acceptors (Lipinski definition) is 3. The number of carbonyl (C=O) groups excluding carboxylic acids is 1. The van der Waals surface area contributed by atoms with Crippen LogP contribution in [0.3, 0.4) is 0 Å². The van der Waals surface area contributed by atoms with Crippen molar-refractivity contribution in [3.8, 4) is 0 Å². The molecule has 0 unspecified atom stereocenters. The third-order valence-corrected chi connectivity index (χ3v) is 1.31. The van der Waals surface area contributed by atoms with Crippen LogP contribution >= 0.6 is 0 Å². The molecule has 7 heteroatoms. The maximum Gasteiger partial charge on any atom is 0.490 e. The van der Waals surface area contributed by atoms with Gasteiger partial charge in [0.05, 0.1) is 12.6 Å². The third-order valence-electron chi connectivity index (χ3n) is 1.31. The van der Waals surface area contributed by atoms with Crippen molar-refractivity contribution in [1.29, 1.82) is 0 Å². The van der Waals surface area contributed by atoms with Crippen LogP contribution in [-0.4, -0.2) is 35.6 Å². The number of nitrogens with one attached hydrogen (secondary N) is 1. The largest absolute Gasteiger partial charge is 0.490 e. The van der Waals surface area contributed by atoms with E-state index in [9.17, 15) is 18.0 Å². The average Bonchev–Trinajstić information content (AvgIpc) is 2.00. The number of ketones is 1. The van der Waals surface area contributed by atoms with Crippen molar-refractivity contribution >= 4 is 11.8 Å². The summed E-state index contributed by atoms with van der Waals surface area (Å²) in [5.41, 5.74) is 0. The molecule has 4 nitrogen and oxygen atoms in total. The Morgan fingerprint density at radius 3 is 1.92 bits per heavy atom. The Labute approximate surface area is 71.7 Å². The molecule has 0 aromatic heterocycles. The first-order chi connectivity index (χ1) is 5.75. The van der Waals surface area contributed by atoms with Gasteiger partial charge in [0.25, 0.3) is 0 Å². The van der Waals surface area contributed by atoms with Crippen LogP contribution < -0.4 is 5.32 Å². The molecule has 1 aliphatic heterocycles. The summed E-state index contributed by atoms with van der Waals surface area (Å²) < 4.78 is 31.7. The van der Waals surface area contributed by atoms with Gasteiger partial charge in [0.15, 0.2) is 5.78 Å². The highest BCUT2D eigenvalue weighted by Crippen LogP contribution is 2.13. The molecule has 0 aliphatic carbocycles. The van der Waals surface area contributed by atoms with Crippen molar-refractivity contribution in [2.45, 2.75) is 19.1 Å². The number of alkyl halides is 3. The minimum atomic E-state index is -5.08. The number of aliphatic carboxylic acids is 1. The fourth-order valence-electron chi connectivity index (χ4n) is 0.390. The van der Waals surface area contributed by atoms with Crippen molar-refractivity contribution < 1.29 is 27.9 Å². The molecule has 1 heterocycles. The molecule has 1 rings (SSSR count). The van der Waals surface area contributed by atoms with Crippen molar-refractivity contribution in [3.05, 3.63) is 0 Å². The summed E-state index contributed by atoms with van der Waals surface area (Å²) in [4.78, 5) is 19.1. The van der Waals surface area contributed by atoms with E-state index in [1.807, 2.05) is 6.92 Å². The van der Waals surface area contributed by atoms with Crippen LogP contribution in [0.15, 0.2) is 0 Å². The Morgan fingerprint density at radius 2 is 1.92 bits per heavy atom. The minimum absolute atomic E-state index is 0.144. The van der Waals surface area contributed by atoms with Gasteiger partial charge in [0.2, 0.25) is 0 Å². The van der Waals surface area contributed by atoms with E-state index < -0.39 is 12.1 Å². The van der Waals surface area contributed by atoms with Crippen molar-refractivity contribution in [3.63, 3.8) is 0 Å². The summed E-state index contributed by atoms with van der Waals surface area (Å²) in [6.45, 7) is 2.45. The van der Waals surface area contributed by atoms with Gasteiger partial charge in [-0.15, -0.1) is 0 Å². The monoisotopic (exact) mass is 199 g/mol. The summed E-state index contributed by atoms with van der Waals surface area (Å²) in [5, 5.41) is 10.0. The maximum absolute atomic E-state index is 10.6. The molecule has 1 fully saturated rings. The van der Waals surface area contributed by atoms with Crippen LogP contribution in [0.1, 0.15) is 6.92 Å². The maximum atomic E-state index is 10.6. The number of rotatable bonds is 0. The highest BCUT2D eigenvalue weighted by Gasteiger charge is 2.38. The lowest BCUT2D eigenvalue weighted by atomic mass is 10.1. The van der Waals surface area contributed by atoms with E-state index >= 15 is 0 Å². The highest BCUT2D eigenvalue weighted by atomic mass is 19.4. The number of Topliss-reactive ketones (excluding diaryl/α,β-unsaturated/α-hetero) is 1. The van der Waals surface area contributed by atoms with Crippen molar-refractivity contribution in [2.24, 2.45) is 0 Å². The van der Waals surface area contributed by atoms with E-state index in [1.165, 1.54) is 0 Å². The molecule has 2 N–H and O–H groups in total. The summed E-state index contributed by atoms with van der Waals surface area (Å²) >= 11 is 0. The zero-order valence-corrected chi connectivity index (χ0v) is 6.68. The van der Waals surface area contributed by atoms with E-state index in [2.05, 4.69) is 5.32 Å². The molecule has 0 bridgehead atoms. The van der Waals surface area contributed by atoms with Gasteiger partial charge in [0.1, 0.15) is 0 Å². The standard InChI is InChI=1S/C4H7NO.C2HF3O2/c1-3-4(6)2-5-3;3-2(4,5)1(6)7/h3,5H,2H2,1H3;(H,6,7)/t3-;/m1./s1. The van der Waals surface area contributed by atoms with E-state index in [0.29, 0.717) is 12.3 Å². The molecule has 0 saturated carbocycles. The van der Waals surface area contributed by atoms with E-state index in [-0.39, 0.29) is 6.04 Å². The fourth-order valence-corrected chi connectivity index (χ4v) is 0.390. The Balaban J connectivity index is 0.000000223. The first-order valence-electron chi connectivity index (χ1n) is 3.31. The van der Waals surface area contributed by atoms with E-state index in [0.717, 1.165) is 0 Å². The molecule has 1 aliphatic rings. The average molecular weight is 199 g/mol. The highest BCUT2D eigenvalue weighted by molar-refractivity contribution is 5.90. The van der Waals surface area contributed by atoms with Crippen LogP contribution in [0, 0.1) is 0 Å². The van der Waals surface area contributed by atoms with Gasteiger partial charge in [-0.3, -0.25) is 4.79 Å². The molecular formula is C6H8F3NO3. The molecule has 0 aromatic rings. The van der Waals surface area contributed by atoms with Crippen LogP contribution in [-0.2, 0) is 9.59 Å². The summed E-state index contributed by atoms with van der Waals surface area (Å²) in [6.07, 6.45) is -5.08. The van der Waals surface area contributed by atoms with Crippen molar-refractivity contribution in [2.75, 3.05) is 6.54 Å². The Kier molecular flexibility index (Phi) is 3.86. The molecule has 0 radical (unpaired) electrons. The van der Waals surface area contributed by atoms with Crippen molar-refractivity contribution in [1.82, 2.24) is 5.32 Å². The first kappa shape index (κ1) is 11.9. The quantitative estimate of drug-likeness (QED) is 0.584. The number of carboxylic acid groups (broad SMARTS) is 1. The molecule has 13 heavy (non-hydrogen) atoms. The number of halogens is 3. The smallest absolute Gasteiger partial charge is 0.475 e. The topological polar surface area (TPSA) is 66.4 Å². The molecule has 1 saturated heterocycles. The molecule has 0 amide bonds. The van der Waals surface area contributed by atoms with Crippen LogP contribution in [0.5, 0.6) is 0 Å². The van der Waals surface area contributed by atoms with Crippen LogP contribution in [0.25, 0.3) is 0 Å². The van der Waals surface area contributed by atoms with E-state index in [1.54, 1.807) is 0 Å². The van der Waals surface area contributed by atoms with E-state index in [4.69, 9.17) is 9.90 Å². The Hall–Kier alpha value is -1.11. The second-order valence-electron chi connectivity index (χ2n) is 2.37. The van der Waals surface area contributed by atoms with Gasteiger partial charge < -0.3 is 10.4 Å². The SMILES string of the molecule is C[C@H]1NCC1=O.O=C(O)C(F)(F)F. The zero-order valence-electron chi connectivity index (χ0n) is 6.68. The predicted octanol–water partition coefficient (Wildman–Crippen LogP) is 0.180. The number of hydrogen-bond donors (Lipinski definition) is 2. The molecule has 76 valence electrons. The van der Waals surface area contributed by atoms with Gasteiger partial charge in [0, 0.05) is 0 Å². The Morgan fingerprint density at radius 1 is 1.62 bits per heavy atom.